The van der Waals surface area contributed by atoms with Gasteiger partial charge in [-0.25, -0.2) is 14.4 Å². The molecule has 0 atom stereocenters. The maximum atomic E-state index is 13.7. The molecule has 0 aliphatic carbocycles. The van der Waals surface area contributed by atoms with Gasteiger partial charge in [-0.3, -0.25) is 4.79 Å². The van der Waals surface area contributed by atoms with E-state index in [1.165, 1.54) is 19.2 Å². The van der Waals surface area contributed by atoms with Crippen LogP contribution in [0, 0.1) is 11.7 Å². The Morgan fingerprint density at radius 2 is 1.81 bits per heavy atom. The van der Waals surface area contributed by atoms with Crippen molar-refractivity contribution < 1.29 is 23.4 Å². The van der Waals surface area contributed by atoms with Crippen LogP contribution < -0.4 is 10.1 Å². The highest BCUT2D eigenvalue weighted by atomic mass is 19.1. The Labute approximate surface area is 206 Å². The lowest BCUT2D eigenvalue weighted by Gasteiger charge is -2.36. The second-order valence-electron chi connectivity index (χ2n) is 8.38. The summed E-state index contributed by atoms with van der Waals surface area (Å²) in [5.41, 5.74) is 1.95. The number of imidazole rings is 1. The molecule has 2 aromatic heterocycles. The molecule has 0 bridgehead atoms. The molecule has 0 unspecified atom stereocenters. The molecule has 9 nitrogen and oxygen atoms in total. The topological polar surface area (TPSA) is 111 Å². The van der Waals surface area contributed by atoms with Gasteiger partial charge in [-0.1, -0.05) is 25.1 Å². The summed E-state index contributed by atoms with van der Waals surface area (Å²) in [6.07, 6.45) is 1.55. The van der Waals surface area contributed by atoms with Gasteiger partial charge in [0.2, 0.25) is 0 Å². The molecule has 2 N–H and O–H groups in total. The van der Waals surface area contributed by atoms with E-state index in [0.29, 0.717) is 41.6 Å². The molecule has 1 aliphatic rings. The first-order chi connectivity index (χ1) is 17.5. The Morgan fingerprint density at radius 1 is 1.08 bits per heavy atom. The number of benzene rings is 2. The summed E-state index contributed by atoms with van der Waals surface area (Å²) >= 11 is 0. The van der Waals surface area contributed by atoms with Crippen molar-refractivity contribution in [2.45, 2.75) is 12.7 Å². The fraction of sp³-hybridized carbons (Fsp3) is 0.231. The van der Waals surface area contributed by atoms with E-state index in [4.69, 9.17) is 19.2 Å². The van der Waals surface area contributed by atoms with Crippen LogP contribution in [0.2, 0.25) is 0 Å². The number of H-pyrrole nitrogens is 1. The molecule has 36 heavy (non-hydrogen) atoms. The molecule has 1 fully saturated rings. The van der Waals surface area contributed by atoms with Crippen LogP contribution in [0.15, 0.2) is 66.9 Å². The fourth-order valence-corrected chi connectivity index (χ4v) is 3.80. The van der Waals surface area contributed by atoms with Gasteiger partial charge in [0.1, 0.15) is 11.6 Å². The zero-order valence-electron chi connectivity index (χ0n) is 19.7. The third kappa shape index (κ3) is 4.56. The van der Waals surface area contributed by atoms with Gasteiger partial charge in [-0.05, 0) is 42.5 Å². The number of ether oxygens (including phenoxy) is 3. The average molecular weight is 490 g/mol. The minimum atomic E-state index is -1.77. The van der Waals surface area contributed by atoms with Crippen LogP contribution in [0.4, 0.5) is 4.39 Å². The molecule has 4 aromatic rings. The average Bonchev–Trinajstić information content (AvgIpc) is 3.36. The zero-order chi connectivity index (χ0) is 25.1. The summed E-state index contributed by atoms with van der Waals surface area (Å²) in [5, 5.41) is 2.60. The minimum Gasteiger partial charge on any atom is -0.424 e. The molecule has 0 saturated carbocycles. The Bertz CT molecular complexity index is 1350. The van der Waals surface area contributed by atoms with Gasteiger partial charge in [0, 0.05) is 24.7 Å². The first kappa shape index (κ1) is 23.6. The highest BCUT2D eigenvalue weighted by molar-refractivity contribution is 5.85. The largest absolute Gasteiger partial charge is 0.424 e. The van der Waals surface area contributed by atoms with Crippen molar-refractivity contribution in [2.75, 3.05) is 20.3 Å². The summed E-state index contributed by atoms with van der Waals surface area (Å²) in [5.74, 6) is -1.83. The van der Waals surface area contributed by atoms with Crippen LogP contribution in [0.25, 0.3) is 22.6 Å². The van der Waals surface area contributed by atoms with E-state index in [-0.39, 0.29) is 23.6 Å². The Morgan fingerprint density at radius 3 is 2.50 bits per heavy atom. The number of nitrogens with one attached hydrogen (secondary N) is 2. The van der Waals surface area contributed by atoms with E-state index < -0.39 is 11.7 Å². The molecule has 1 amide bonds. The van der Waals surface area contributed by atoms with Crippen LogP contribution in [-0.2, 0) is 20.1 Å². The SMILES string of the molecule is CNC(=O)C1(c2nc(-c3ccc(F)cc3)c(-c3ccnc(Oc4ccccc4)n3)[nH]2)OCC(C)CO1. The highest BCUT2D eigenvalue weighted by Crippen LogP contribution is 2.37. The zero-order valence-corrected chi connectivity index (χ0v) is 19.7. The van der Waals surface area contributed by atoms with E-state index in [9.17, 15) is 9.18 Å². The lowest BCUT2D eigenvalue weighted by Crippen LogP contribution is -2.52. The van der Waals surface area contributed by atoms with Crippen molar-refractivity contribution in [2.24, 2.45) is 5.92 Å². The van der Waals surface area contributed by atoms with Crippen molar-refractivity contribution in [1.29, 1.82) is 0 Å². The Balaban J connectivity index is 1.62. The van der Waals surface area contributed by atoms with Crippen LogP contribution in [-0.4, -0.2) is 46.1 Å². The number of carbonyl (C=O) groups is 1. The number of hydrogen-bond donors (Lipinski definition) is 2. The lowest BCUT2D eigenvalue weighted by molar-refractivity contribution is -0.277. The quantitative estimate of drug-likeness (QED) is 0.420. The van der Waals surface area contributed by atoms with Crippen molar-refractivity contribution in [3.63, 3.8) is 0 Å². The van der Waals surface area contributed by atoms with Crippen LogP contribution in [0.3, 0.4) is 0 Å². The number of rotatable bonds is 6. The maximum absolute atomic E-state index is 13.7. The number of hydrogen-bond acceptors (Lipinski definition) is 7. The number of amides is 1. The number of aromatic nitrogens is 4. The third-order valence-electron chi connectivity index (χ3n) is 5.64. The van der Waals surface area contributed by atoms with Gasteiger partial charge in [0.15, 0.2) is 5.82 Å². The van der Waals surface area contributed by atoms with Crippen LogP contribution in [0.1, 0.15) is 12.7 Å². The first-order valence-corrected chi connectivity index (χ1v) is 11.4. The van der Waals surface area contributed by atoms with Crippen molar-refractivity contribution in [3.8, 4) is 34.4 Å². The number of carbonyl (C=O) groups excluding carboxylic acids is 1. The van der Waals surface area contributed by atoms with E-state index >= 15 is 0 Å². The first-order valence-electron chi connectivity index (χ1n) is 11.4. The molecule has 10 heteroatoms. The minimum absolute atomic E-state index is 0.105. The molecular weight excluding hydrogens is 465 g/mol. The molecule has 0 spiro atoms. The normalized spacial score (nSPS) is 19.6. The highest BCUT2D eigenvalue weighted by Gasteiger charge is 2.49. The molecule has 1 saturated heterocycles. The summed E-state index contributed by atoms with van der Waals surface area (Å²) in [6, 6.07) is 16.8. The van der Waals surface area contributed by atoms with E-state index in [1.807, 2.05) is 25.1 Å². The van der Waals surface area contributed by atoms with E-state index in [0.717, 1.165) is 0 Å². The molecule has 1 aliphatic heterocycles. The number of aromatic amines is 1. The van der Waals surface area contributed by atoms with Gasteiger partial charge in [-0.15, -0.1) is 0 Å². The van der Waals surface area contributed by atoms with E-state index in [1.54, 1.807) is 36.5 Å². The van der Waals surface area contributed by atoms with Crippen LogP contribution >= 0.6 is 0 Å². The number of likely N-dealkylation sites (N-methyl/N-ethyl adjacent to an activating group) is 1. The maximum Gasteiger partial charge on any atom is 0.322 e. The lowest BCUT2D eigenvalue weighted by atomic mass is 10.1. The summed E-state index contributed by atoms with van der Waals surface area (Å²) < 4.78 is 31.3. The van der Waals surface area contributed by atoms with Gasteiger partial charge in [0.05, 0.1) is 30.3 Å². The summed E-state index contributed by atoms with van der Waals surface area (Å²) in [6.45, 7) is 2.57. The monoisotopic (exact) mass is 489 g/mol. The molecular formula is C26H24FN5O4. The molecule has 2 aromatic carbocycles. The standard InChI is InChI=1S/C26H24FN5O4/c1-16-14-34-26(35-15-16,24(33)28-2)23-31-21(17-8-10-18(27)11-9-17)22(32-23)20-12-13-29-25(30-20)36-19-6-4-3-5-7-19/h3-13,16H,14-15H2,1-2H3,(H,28,33)(H,31,32). The van der Waals surface area contributed by atoms with Crippen molar-refractivity contribution >= 4 is 5.91 Å². The summed E-state index contributed by atoms with van der Waals surface area (Å²) in [4.78, 5) is 29.6. The van der Waals surface area contributed by atoms with Crippen molar-refractivity contribution in [1.82, 2.24) is 25.3 Å². The van der Waals surface area contributed by atoms with E-state index in [2.05, 4.69) is 20.3 Å². The number of para-hydroxylation sites is 1. The molecule has 0 radical (unpaired) electrons. The smallest absolute Gasteiger partial charge is 0.322 e. The van der Waals surface area contributed by atoms with Crippen molar-refractivity contribution in [3.05, 3.63) is 78.5 Å². The van der Waals surface area contributed by atoms with Gasteiger partial charge < -0.3 is 24.5 Å². The fourth-order valence-electron chi connectivity index (χ4n) is 3.80. The molecule has 3 heterocycles. The van der Waals surface area contributed by atoms with Gasteiger partial charge in [0.25, 0.3) is 5.91 Å². The van der Waals surface area contributed by atoms with Gasteiger partial charge >= 0.3 is 11.8 Å². The predicted molar refractivity (Wildman–Crippen MR) is 128 cm³/mol. The third-order valence-corrected chi connectivity index (χ3v) is 5.64. The second kappa shape index (κ2) is 9.84. The summed E-state index contributed by atoms with van der Waals surface area (Å²) in [7, 11) is 1.50. The Kier molecular flexibility index (Phi) is 6.45. The Hall–Kier alpha value is -4.15. The van der Waals surface area contributed by atoms with Gasteiger partial charge in [-0.2, -0.15) is 4.98 Å². The van der Waals surface area contributed by atoms with Crippen LogP contribution in [0.5, 0.6) is 11.8 Å². The molecule has 5 rings (SSSR count). The number of halogens is 1. The number of nitrogens with zero attached hydrogens (tertiary/aromatic N) is 3. The predicted octanol–water partition coefficient (Wildman–Crippen LogP) is 4.05. The molecule has 184 valence electrons. The second-order valence-corrected chi connectivity index (χ2v) is 8.38.